The van der Waals surface area contributed by atoms with Crippen LogP contribution in [-0.4, -0.2) is 37.9 Å². The molecule has 0 aliphatic rings. The van der Waals surface area contributed by atoms with Crippen LogP contribution in [0.1, 0.15) is 23.0 Å². The third-order valence-electron chi connectivity index (χ3n) is 4.14. The lowest BCUT2D eigenvalue weighted by molar-refractivity contribution is -0.149. The summed E-state index contributed by atoms with van der Waals surface area (Å²) in [6.07, 6.45) is -3.00. The second-order valence-electron chi connectivity index (χ2n) is 6.54. The van der Waals surface area contributed by atoms with E-state index in [9.17, 15) is 18.0 Å². The van der Waals surface area contributed by atoms with Gasteiger partial charge in [0.1, 0.15) is 17.4 Å². The Morgan fingerprint density at radius 3 is 2.62 bits per heavy atom. The van der Waals surface area contributed by atoms with Gasteiger partial charge >= 0.3 is 6.18 Å². The Labute approximate surface area is 165 Å². The van der Waals surface area contributed by atoms with Gasteiger partial charge in [0.2, 0.25) is 5.95 Å². The van der Waals surface area contributed by atoms with Crippen molar-refractivity contribution in [3.05, 3.63) is 53.9 Å². The first-order valence-corrected chi connectivity index (χ1v) is 8.72. The number of nitrogens with zero attached hydrogens (tertiary/aromatic N) is 4. The van der Waals surface area contributed by atoms with Gasteiger partial charge in [-0.25, -0.2) is 9.97 Å². The standard InChI is InChI=1S/C19H19F3N6O/c1-11-5-4-6-13(9-11)25-18-23-8-7-14(26-18)15-10-16(28(3)27-15)17(29)24-12(2)19(20,21)22/h4-10,12H,1-3H3,(H,24,29)(H,23,25,26)/t12-/m0/s1. The van der Waals surface area contributed by atoms with Crippen molar-refractivity contribution in [1.29, 1.82) is 0 Å². The van der Waals surface area contributed by atoms with Crippen LogP contribution in [0.5, 0.6) is 0 Å². The van der Waals surface area contributed by atoms with Crippen molar-refractivity contribution in [2.75, 3.05) is 5.32 Å². The number of hydrogen-bond acceptors (Lipinski definition) is 5. The lowest BCUT2D eigenvalue weighted by atomic mass is 10.2. The fourth-order valence-electron chi connectivity index (χ4n) is 2.57. The van der Waals surface area contributed by atoms with Gasteiger partial charge in [-0.15, -0.1) is 0 Å². The smallest absolute Gasteiger partial charge is 0.339 e. The highest BCUT2D eigenvalue weighted by molar-refractivity contribution is 5.93. The van der Waals surface area contributed by atoms with Crippen molar-refractivity contribution < 1.29 is 18.0 Å². The van der Waals surface area contributed by atoms with Crippen molar-refractivity contribution in [1.82, 2.24) is 25.1 Å². The molecule has 29 heavy (non-hydrogen) atoms. The maximum absolute atomic E-state index is 12.7. The van der Waals surface area contributed by atoms with E-state index < -0.39 is 18.1 Å². The summed E-state index contributed by atoms with van der Waals surface area (Å²) in [5.41, 5.74) is 2.63. The van der Waals surface area contributed by atoms with Crippen LogP contribution in [0, 0.1) is 6.92 Å². The SMILES string of the molecule is Cc1cccc(Nc2nccc(-c3cc(C(=O)N[C@@H](C)C(F)(F)F)n(C)n3)n2)c1. The van der Waals surface area contributed by atoms with Gasteiger partial charge in [0.25, 0.3) is 5.91 Å². The van der Waals surface area contributed by atoms with Gasteiger partial charge in [-0.1, -0.05) is 12.1 Å². The van der Waals surface area contributed by atoms with Crippen LogP contribution in [0.2, 0.25) is 0 Å². The number of halogens is 3. The Hall–Kier alpha value is -3.43. The van der Waals surface area contributed by atoms with Crippen LogP contribution in [-0.2, 0) is 7.05 Å². The molecule has 1 aromatic carbocycles. The fourth-order valence-corrected chi connectivity index (χ4v) is 2.57. The second-order valence-corrected chi connectivity index (χ2v) is 6.54. The molecule has 7 nitrogen and oxygen atoms in total. The number of alkyl halides is 3. The van der Waals surface area contributed by atoms with E-state index in [1.54, 1.807) is 6.07 Å². The largest absolute Gasteiger partial charge is 0.408 e. The number of aromatic nitrogens is 4. The number of aryl methyl sites for hydroxylation is 2. The minimum absolute atomic E-state index is 0.0112. The molecular formula is C19H19F3N6O. The lowest BCUT2D eigenvalue weighted by Crippen LogP contribution is -2.43. The first kappa shape index (κ1) is 20.3. The van der Waals surface area contributed by atoms with Crippen molar-refractivity contribution >= 4 is 17.5 Å². The summed E-state index contributed by atoms with van der Waals surface area (Å²) >= 11 is 0. The molecule has 0 aliphatic carbocycles. The fraction of sp³-hybridized carbons (Fsp3) is 0.263. The molecule has 2 aromatic heterocycles. The molecule has 0 aliphatic heterocycles. The summed E-state index contributed by atoms with van der Waals surface area (Å²) in [5, 5.41) is 9.19. The summed E-state index contributed by atoms with van der Waals surface area (Å²) in [4.78, 5) is 20.7. The van der Waals surface area contributed by atoms with Crippen LogP contribution in [0.15, 0.2) is 42.6 Å². The molecule has 2 N–H and O–H groups in total. The van der Waals surface area contributed by atoms with Gasteiger partial charge < -0.3 is 10.6 Å². The van der Waals surface area contributed by atoms with E-state index in [0.29, 0.717) is 17.3 Å². The molecule has 0 fully saturated rings. The number of benzene rings is 1. The van der Waals surface area contributed by atoms with Gasteiger partial charge in [0, 0.05) is 18.9 Å². The van der Waals surface area contributed by atoms with Gasteiger partial charge in [0.15, 0.2) is 0 Å². The van der Waals surface area contributed by atoms with Gasteiger partial charge in [-0.3, -0.25) is 9.48 Å². The maximum atomic E-state index is 12.7. The number of hydrogen-bond donors (Lipinski definition) is 2. The second kappa shape index (κ2) is 7.90. The number of anilines is 2. The van der Waals surface area contributed by atoms with Crippen LogP contribution < -0.4 is 10.6 Å². The van der Waals surface area contributed by atoms with Gasteiger partial charge in [-0.2, -0.15) is 18.3 Å². The molecule has 1 amide bonds. The van der Waals surface area contributed by atoms with E-state index in [4.69, 9.17) is 0 Å². The predicted octanol–water partition coefficient (Wildman–Crippen LogP) is 3.61. The summed E-state index contributed by atoms with van der Waals surface area (Å²) in [6.45, 7) is 2.84. The van der Waals surface area contributed by atoms with E-state index >= 15 is 0 Å². The summed E-state index contributed by atoms with van der Waals surface area (Å²) in [5.74, 6) is -0.543. The number of rotatable bonds is 5. The first-order valence-electron chi connectivity index (χ1n) is 8.72. The Bertz CT molecular complexity index is 1030. The summed E-state index contributed by atoms with van der Waals surface area (Å²) in [6, 6.07) is 8.67. The zero-order valence-electron chi connectivity index (χ0n) is 15.9. The quantitative estimate of drug-likeness (QED) is 0.679. The molecule has 0 saturated heterocycles. The molecule has 3 aromatic rings. The number of amides is 1. The Balaban J connectivity index is 1.81. The highest BCUT2D eigenvalue weighted by atomic mass is 19.4. The molecule has 0 saturated carbocycles. The van der Waals surface area contributed by atoms with E-state index in [-0.39, 0.29) is 5.69 Å². The molecule has 0 bridgehead atoms. The Morgan fingerprint density at radius 1 is 1.17 bits per heavy atom. The van der Waals surface area contributed by atoms with Crippen LogP contribution >= 0.6 is 0 Å². The minimum atomic E-state index is -4.53. The van der Waals surface area contributed by atoms with E-state index in [0.717, 1.165) is 18.2 Å². The molecular weight excluding hydrogens is 385 g/mol. The normalized spacial score (nSPS) is 12.5. The molecule has 2 heterocycles. The van der Waals surface area contributed by atoms with Crippen LogP contribution in [0.25, 0.3) is 11.4 Å². The molecule has 0 spiro atoms. The minimum Gasteiger partial charge on any atom is -0.339 e. The van der Waals surface area contributed by atoms with Crippen molar-refractivity contribution in [3.63, 3.8) is 0 Å². The highest BCUT2D eigenvalue weighted by Crippen LogP contribution is 2.22. The first-order chi connectivity index (χ1) is 13.6. The summed E-state index contributed by atoms with van der Waals surface area (Å²) in [7, 11) is 1.48. The van der Waals surface area contributed by atoms with Crippen molar-refractivity contribution in [2.45, 2.75) is 26.1 Å². The van der Waals surface area contributed by atoms with E-state index in [1.165, 1.54) is 24.0 Å². The zero-order chi connectivity index (χ0) is 21.2. The molecule has 3 rings (SSSR count). The van der Waals surface area contributed by atoms with Gasteiger partial charge in [0.05, 0.1) is 5.69 Å². The number of carbonyl (C=O) groups excluding carboxylic acids is 1. The van der Waals surface area contributed by atoms with Crippen molar-refractivity contribution in [2.24, 2.45) is 7.05 Å². The average molecular weight is 404 g/mol. The third-order valence-corrected chi connectivity index (χ3v) is 4.14. The molecule has 10 heteroatoms. The molecule has 0 radical (unpaired) electrons. The summed E-state index contributed by atoms with van der Waals surface area (Å²) < 4.78 is 39.3. The topological polar surface area (TPSA) is 84.7 Å². The number of nitrogens with one attached hydrogen (secondary N) is 2. The Morgan fingerprint density at radius 2 is 1.93 bits per heavy atom. The maximum Gasteiger partial charge on any atom is 0.408 e. The zero-order valence-corrected chi connectivity index (χ0v) is 15.9. The molecule has 152 valence electrons. The molecule has 0 unspecified atom stereocenters. The lowest BCUT2D eigenvalue weighted by Gasteiger charge is -2.16. The molecule has 1 atom stereocenters. The van der Waals surface area contributed by atoms with Crippen molar-refractivity contribution in [3.8, 4) is 11.4 Å². The van der Waals surface area contributed by atoms with Gasteiger partial charge in [-0.05, 0) is 43.7 Å². The van der Waals surface area contributed by atoms with E-state index in [2.05, 4.69) is 20.4 Å². The highest BCUT2D eigenvalue weighted by Gasteiger charge is 2.37. The number of carbonyl (C=O) groups is 1. The predicted molar refractivity (Wildman–Crippen MR) is 102 cm³/mol. The van der Waals surface area contributed by atoms with Crippen LogP contribution in [0.3, 0.4) is 0 Å². The third kappa shape index (κ3) is 4.89. The Kier molecular flexibility index (Phi) is 5.53. The monoisotopic (exact) mass is 404 g/mol. The van der Waals surface area contributed by atoms with E-state index in [1.807, 2.05) is 36.5 Å². The van der Waals surface area contributed by atoms with Crippen LogP contribution in [0.4, 0.5) is 24.8 Å². The average Bonchev–Trinajstić information content (AvgIpc) is 3.03.